The van der Waals surface area contributed by atoms with Gasteiger partial charge in [-0.3, -0.25) is 9.20 Å². The number of hydrogen-bond acceptors (Lipinski definition) is 4. The number of hydrogen-bond donors (Lipinski definition) is 0. The number of fused-ring (bicyclic) bond motifs is 1. The zero-order valence-corrected chi connectivity index (χ0v) is 15.4. The Balaban J connectivity index is 1.27. The van der Waals surface area contributed by atoms with Crippen molar-refractivity contribution >= 4 is 23.3 Å². The molecule has 1 amide bonds. The molecule has 0 spiro atoms. The van der Waals surface area contributed by atoms with Crippen molar-refractivity contribution in [2.45, 2.75) is 24.4 Å². The summed E-state index contributed by atoms with van der Waals surface area (Å²) >= 11 is 1.46. The topological polar surface area (TPSA) is 50.5 Å². The number of thioether (sulfide) groups is 1. The van der Waals surface area contributed by atoms with Gasteiger partial charge in [-0.05, 0) is 42.9 Å². The fraction of sp³-hybridized carbons (Fsp3) is 0.350. The van der Waals surface area contributed by atoms with Crippen LogP contribution in [0.2, 0.25) is 0 Å². The van der Waals surface area contributed by atoms with Crippen molar-refractivity contribution in [3.63, 3.8) is 0 Å². The lowest BCUT2D eigenvalue weighted by atomic mass is 9.90. The lowest BCUT2D eigenvalue weighted by Gasteiger charge is -2.32. The molecule has 1 fully saturated rings. The molecule has 1 aliphatic heterocycles. The van der Waals surface area contributed by atoms with E-state index in [0.717, 1.165) is 43.2 Å². The van der Waals surface area contributed by atoms with Gasteiger partial charge in [-0.25, -0.2) is 0 Å². The largest absolute Gasteiger partial charge is 0.342 e. The Kier molecular flexibility index (Phi) is 5.20. The second-order valence-electron chi connectivity index (χ2n) is 6.71. The zero-order chi connectivity index (χ0) is 17.8. The minimum atomic E-state index is 0.195. The average molecular weight is 366 g/mol. The average Bonchev–Trinajstić information content (AvgIpc) is 3.11. The van der Waals surface area contributed by atoms with Crippen LogP contribution in [0.25, 0.3) is 5.65 Å². The molecule has 4 rings (SSSR count). The third kappa shape index (κ3) is 3.90. The summed E-state index contributed by atoms with van der Waals surface area (Å²) in [5.74, 6) is 1.29. The van der Waals surface area contributed by atoms with E-state index in [2.05, 4.69) is 40.5 Å². The molecule has 0 saturated carbocycles. The van der Waals surface area contributed by atoms with Crippen molar-refractivity contribution in [3.8, 4) is 0 Å². The normalized spacial score (nSPS) is 15.5. The fourth-order valence-electron chi connectivity index (χ4n) is 3.47. The first-order chi connectivity index (χ1) is 12.8. The van der Waals surface area contributed by atoms with Crippen molar-refractivity contribution in [1.29, 1.82) is 0 Å². The molecule has 26 heavy (non-hydrogen) atoms. The molecule has 0 bridgehead atoms. The maximum atomic E-state index is 12.5. The number of amides is 1. The summed E-state index contributed by atoms with van der Waals surface area (Å²) in [5, 5.41) is 9.07. The molecule has 0 N–H and O–H groups in total. The first kappa shape index (κ1) is 17.1. The predicted molar refractivity (Wildman–Crippen MR) is 103 cm³/mol. The van der Waals surface area contributed by atoms with Gasteiger partial charge < -0.3 is 4.90 Å². The Labute approximate surface area is 157 Å². The van der Waals surface area contributed by atoms with Crippen LogP contribution in [0.1, 0.15) is 18.4 Å². The summed E-state index contributed by atoms with van der Waals surface area (Å²) in [6, 6.07) is 16.4. The maximum Gasteiger partial charge on any atom is 0.233 e. The molecule has 134 valence electrons. The molecule has 0 radical (unpaired) electrons. The van der Waals surface area contributed by atoms with E-state index >= 15 is 0 Å². The molecule has 0 aliphatic carbocycles. The summed E-state index contributed by atoms with van der Waals surface area (Å²) in [5.41, 5.74) is 2.20. The van der Waals surface area contributed by atoms with E-state index < -0.39 is 0 Å². The molecule has 1 aromatic carbocycles. The van der Waals surface area contributed by atoms with E-state index in [0.29, 0.717) is 11.7 Å². The molecule has 1 saturated heterocycles. The molecule has 3 aromatic rings. The number of piperidine rings is 1. The van der Waals surface area contributed by atoms with Gasteiger partial charge in [-0.15, -0.1) is 10.2 Å². The van der Waals surface area contributed by atoms with Crippen LogP contribution in [-0.4, -0.2) is 44.2 Å². The van der Waals surface area contributed by atoms with E-state index in [-0.39, 0.29) is 5.91 Å². The first-order valence-electron chi connectivity index (χ1n) is 9.04. The maximum absolute atomic E-state index is 12.5. The fourth-order valence-corrected chi connectivity index (χ4v) is 4.30. The van der Waals surface area contributed by atoms with Gasteiger partial charge in [-0.1, -0.05) is 48.2 Å². The van der Waals surface area contributed by atoms with Gasteiger partial charge in [0.1, 0.15) is 0 Å². The highest BCUT2D eigenvalue weighted by atomic mass is 32.2. The summed E-state index contributed by atoms with van der Waals surface area (Å²) in [4.78, 5) is 14.5. The lowest BCUT2D eigenvalue weighted by molar-refractivity contribution is -0.129. The molecular formula is C20H22N4OS. The number of likely N-dealkylation sites (tertiary alicyclic amines) is 1. The standard InChI is InChI=1S/C20H22N4OS/c25-19(15-26-20-22-21-18-8-4-5-11-24(18)20)23-12-9-17(10-13-23)14-16-6-2-1-3-7-16/h1-8,11,17H,9-10,12-15H2. The van der Waals surface area contributed by atoms with Crippen molar-refractivity contribution in [2.24, 2.45) is 5.92 Å². The molecule has 0 atom stereocenters. The van der Waals surface area contributed by atoms with E-state index in [9.17, 15) is 4.79 Å². The number of aromatic nitrogens is 3. The van der Waals surface area contributed by atoms with Crippen LogP contribution in [0, 0.1) is 5.92 Å². The molecule has 6 heteroatoms. The van der Waals surface area contributed by atoms with Crippen LogP contribution in [0.5, 0.6) is 0 Å². The summed E-state index contributed by atoms with van der Waals surface area (Å²) < 4.78 is 1.92. The molecule has 1 aliphatic rings. The number of benzene rings is 1. The second kappa shape index (κ2) is 7.91. The Morgan fingerprint density at radius 3 is 2.62 bits per heavy atom. The smallest absolute Gasteiger partial charge is 0.233 e. The van der Waals surface area contributed by atoms with Crippen LogP contribution in [0.15, 0.2) is 59.9 Å². The SMILES string of the molecule is O=C(CSc1nnc2ccccn12)N1CCC(Cc2ccccc2)CC1. The van der Waals surface area contributed by atoms with Crippen LogP contribution >= 0.6 is 11.8 Å². The van der Waals surface area contributed by atoms with Crippen molar-refractivity contribution in [1.82, 2.24) is 19.5 Å². The summed E-state index contributed by atoms with van der Waals surface area (Å²) in [7, 11) is 0. The molecule has 3 heterocycles. The minimum Gasteiger partial charge on any atom is -0.342 e. The zero-order valence-electron chi connectivity index (χ0n) is 14.6. The monoisotopic (exact) mass is 366 g/mol. The van der Waals surface area contributed by atoms with Gasteiger partial charge in [0.05, 0.1) is 5.75 Å². The number of pyridine rings is 1. The van der Waals surface area contributed by atoms with Gasteiger partial charge in [0.2, 0.25) is 5.91 Å². The van der Waals surface area contributed by atoms with Gasteiger partial charge in [0.25, 0.3) is 0 Å². The minimum absolute atomic E-state index is 0.195. The van der Waals surface area contributed by atoms with Crippen molar-refractivity contribution in [2.75, 3.05) is 18.8 Å². The summed E-state index contributed by atoms with van der Waals surface area (Å²) in [6.07, 6.45) is 5.21. The van der Waals surface area contributed by atoms with E-state index in [1.807, 2.05) is 33.7 Å². The van der Waals surface area contributed by atoms with Crippen LogP contribution in [0.4, 0.5) is 0 Å². The van der Waals surface area contributed by atoms with Gasteiger partial charge >= 0.3 is 0 Å². The quantitative estimate of drug-likeness (QED) is 0.650. The van der Waals surface area contributed by atoms with E-state index in [1.54, 1.807) is 0 Å². The third-order valence-corrected chi connectivity index (χ3v) is 5.87. The highest BCUT2D eigenvalue weighted by Crippen LogP contribution is 2.23. The van der Waals surface area contributed by atoms with Gasteiger partial charge in [-0.2, -0.15) is 0 Å². The van der Waals surface area contributed by atoms with Crippen molar-refractivity contribution < 1.29 is 4.79 Å². The Morgan fingerprint density at radius 2 is 1.81 bits per heavy atom. The number of carbonyl (C=O) groups is 1. The molecule has 0 unspecified atom stereocenters. The second-order valence-corrected chi connectivity index (χ2v) is 7.66. The summed E-state index contributed by atoms with van der Waals surface area (Å²) in [6.45, 7) is 1.72. The predicted octanol–water partition coefficient (Wildman–Crippen LogP) is 3.30. The Bertz CT molecular complexity index is 872. The van der Waals surface area contributed by atoms with Crippen LogP contribution < -0.4 is 0 Å². The van der Waals surface area contributed by atoms with Gasteiger partial charge in [0, 0.05) is 19.3 Å². The lowest BCUT2D eigenvalue weighted by Crippen LogP contribution is -2.39. The highest BCUT2D eigenvalue weighted by Gasteiger charge is 2.23. The van der Waals surface area contributed by atoms with Crippen molar-refractivity contribution in [3.05, 3.63) is 60.3 Å². The third-order valence-electron chi connectivity index (χ3n) is 4.94. The van der Waals surface area contributed by atoms with E-state index in [1.165, 1.54) is 17.3 Å². The number of rotatable bonds is 5. The Morgan fingerprint density at radius 1 is 1.04 bits per heavy atom. The molecule has 5 nitrogen and oxygen atoms in total. The number of carbonyl (C=O) groups excluding carboxylic acids is 1. The van der Waals surface area contributed by atoms with Crippen LogP contribution in [-0.2, 0) is 11.2 Å². The Hall–Kier alpha value is -2.34. The van der Waals surface area contributed by atoms with E-state index in [4.69, 9.17) is 0 Å². The molecular weight excluding hydrogens is 344 g/mol. The first-order valence-corrected chi connectivity index (χ1v) is 10.0. The van der Waals surface area contributed by atoms with Gasteiger partial charge in [0.15, 0.2) is 10.8 Å². The highest BCUT2D eigenvalue weighted by molar-refractivity contribution is 7.99. The molecule has 2 aromatic heterocycles. The number of nitrogens with zero attached hydrogens (tertiary/aromatic N) is 4. The van der Waals surface area contributed by atoms with Crippen LogP contribution in [0.3, 0.4) is 0 Å².